The first-order valence-corrected chi connectivity index (χ1v) is 5.38. The van der Waals surface area contributed by atoms with Gasteiger partial charge in [-0.05, 0) is 31.2 Å². The highest BCUT2D eigenvalue weighted by atomic mass is 35.5. The molecule has 2 amide bonds. The number of ketones is 1. The van der Waals surface area contributed by atoms with Gasteiger partial charge in [0.2, 0.25) is 0 Å². The maximum Gasteiger partial charge on any atom is 0.319 e. The first-order valence-electron chi connectivity index (χ1n) is 4.85. The lowest BCUT2D eigenvalue weighted by molar-refractivity contribution is 0.101. The van der Waals surface area contributed by atoms with Crippen LogP contribution in [-0.4, -0.2) is 24.2 Å². The fourth-order valence-electron chi connectivity index (χ4n) is 1.12. The zero-order valence-electron chi connectivity index (χ0n) is 8.92. The Hall–Kier alpha value is -1.55. The zero-order valence-corrected chi connectivity index (χ0v) is 9.67. The van der Waals surface area contributed by atoms with Gasteiger partial charge in [-0.1, -0.05) is 0 Å². The van der Waals surface area contributed by atoms with E-state index in [4.69, 9.17) is 11.6 Å². The Morgan fingerprint density at radius 3 is 2.38 bits per heavy atom. The Kier molecular flexibility index (Phi) is 4.79. The van der Waals surface area contributed by atoms with Crippen LogP contribution in [0.3, 0.4) is 0 Å². The summed E-state index contributed by atoms with van der Waals surface area (Å²) in [4.78, 5) is 22.2. The zero-order chi connectivity index (χ0) is 12.0. The molecule has 0 aliphatic rings. The Morgan fingerprint density at radius 2 is 1.88 bits per heavy atom. The van der Waals surface area contributed by atoms with E-state index in [-0.39, 0.29) is 11.8 Å². The van der Waals surface area contributed by atoms with Crippen LogP contribution in [0.2, 0.25) is 0 Å². The molecular weight excluding hydrogens is 228 g/mol. The first-order chi connectivity index (χ1) is 7.63. The van der Waals surface area contributed by atoms with Crippen LogP contribution in [0.1, 0.15) is 17.3 Å². The second-order valence-electron chi connectivity index (χ2n) is 3.20. The highest BCUT2D eigenvalue weighted by Gasteiger charge is 2.02. The minimum absolute atomic E-state index is 0.00172. The van der Waals surface area contributed by atoms with Crippen molar-refractivity contribution in [3.05, 3.63) is 29.8 Å². The number of hydrogen-bond donors (Lipinski definition) is 2. The molecule has 0 radical (unpaired) electrons. The summed E-state index contributed by atoms with van der Waals surface area (Å²) in [6.45, 7) is 1.91. The minimum Gasteiger partial charge on any atom is -0.337 e. The maximum absolute atomic E-state index is 11.2. The number of benzene rings is 1. The predicted molar refractivity (Wildman–Crippen MR) is 64.2 cm³/mol. The molecule has 4 nitrogen and oxygen atoms in total. The van der Waals surface area contributed by atoms with Crippen LogP contribution in [0.5, 0.6) is 0 Å². The lowest BCUT2D eigenvalue weighted by atomic mass is 10.1. The van der Waals surface area contributed by atoms with E-state index in [1.165, 1.54) is 6.92 Å². The summed E-state index contributed by atoms with van der Waals surface area (Å²) in [6.07, 6.45) is 0. The molecule has 0 unspecified atom stereocenters. The third-order valence-electron chi connectivity index (χ3n) is 1.93. The minimum atomic E-state index is -0.309. The van der Waals surface area contributed by atoms with Crippen molar-refractivity contribution >= 4 is 29.1 Å². The lowest BCUT2D eigenvalue weighted by Gasteiger charge is -2.06. The molecule has 1 aromatic carbocycles. The third-order valence-corrected chi connectivity index (χ3v) is 2.12. The summed E-state index contributed by atoms with van der Waals surface area (Å²) >= 11 is 5.42. The van der Waals surface area contributed by atoms with Crippen LogP contribution in [-0.2, 0) is 0 Å². The molecule has 1 aromatic rings. The summed E-state index contributed by atoms with van der Waals surface area (Å²) in [6, 6.07) is 6.38. The van der Waals surface area contributed by atoms with Crippen molar-refractivity contribution in [3.8, 4) is 0 Å². The van der Waals surface area contributed by atoms with Crippen molar-refractivity contribution in [2.75, 3.05) is 17.7 Å². The number of anilines is 1. The smallest absolute Gasteiger partial charge is 0.319 e. The number of nitrogens with one attached hydrogen (secondary N) is 2. The summed E-state index contributed by atoms with van der Waals surface area (Å²) < 4.78 is 0. The highest BCUT2D eigenvalue weighted by molar-refractivity contribution is 6.18. The van der Waals surface area contributed by atoms with Crippen LogP contribution in [0.15, 0.2) is 24.3 Å². The summed E-state index contributed by atoms with van der Waals surface area (Å²) in [7, 11) is 0. The van der Waals surface area contributed by atoms with E-state index in [0.29, 0.717) is 23.7 Å². The highest BCUT2D eigenvalue weighted by Crippen LogP contribution is 2.09. The van der Waals surface area contributed by atoms with Crippen LogP contribution < -0.4 is 10.6 Å². The van der Waals surface area contributed by atoms with Gasteiger partial charge in [0.1, 0.15) is 0 Å². The molecule has 0 bridgehead atoms. The molecule has 1 rings (SSSR count). The van der Waals surface area contributed by atoms with Gasteiger partial charge in [-0.25, -0.2) is 4.79 Å². The van der Waals surface area contributed by atoms with Crippen molar-refractivity contribution in [1.82, 2.24) is 5.32 Å². The molecule has 0 aliphatic carbocycles. The number of amides is 2. The number of rotatable bonds is 4. The monoisotopic (exact) mass is 240 g/mol. The third kappa shape index (κ3) is 3.90. The van der Waals surface area contributed by atoms with Crippen LogP contribution >= 0.6 is 11.6 Å². The van der Waals surface area contributed by atoms with E-state index in [1.807, 2.05) is 0 Å². The fraction of sp³-hybridized carbons (Fsp3) is 0.273. The topological polar surface area (TPSA) is 58.2 Å². The molecule has 0 aromatic heterocycles. The molecule has 5 heteroatoms. The molecule has 2 N–H and O–H groups in total. The van der Waals surface area contributed by atoms with Gasteiger partial charge < -0.3 is 10.6 Å². The van der Waals surface area contributed by atoms with E-state index in [2.05, 4.69) is 10.6 Å². The molecule has 0 aliphatic heterocycles. The number of halogens is 1. The Bertz CT molecular complexity index is 376. The Balaban J connectivity index is 2.55. The Labute approximate surface area is 99.0 Å². The largest absolute Gasteiger partial charge is 0.337 e. The van der Waals surface area contributed by atoms with Gasteiger partial charge in [0, 0.05) is 23.7 Å². The average molecular weight is 241 g/mol. The van der Waals surface area contributed by atoms with Crippen LogP contribution in [0.4, 0.5) is 10.5 Å². The van der Waals surface area contributed by atoms with Crippen molar-refractivity contribution in [3.63, 3.8) is 0 Å². The summed E-state index contributed by atoms with van der Waals surface area (Å²) in [5, 5.41) is 5.19. The SMILES string of the molecule is CC(=O)c1ccc(NC(=O)NCCCl)cc1. The number of carbonyl (C=O) groups is 2. The molecule has 0 saturated heterocycles. The van der Waals surface area contributed by atoms with Crippen molar-refractivity contribution < 1.29 is 9.59 Å². The van der Waals surface area contributed by atoms with Gasteiger partial charge in [-0.15, -0.1) is 11.6 Å². The lowest BCUT2D eigenvalue weighted by Crippen LogP contribution is -2.30. The van der Waals surface area contributed by atoms with Gasteiger partial charge in [-0.2, -0.15) is 0 Å². The second-order valence-corrected chi connectivity index (χ2v) is 3.58. The van der Waals surface area contributed by atoms with Gasteiger partial charge in [0.25, 0.3) is 0 Å². The molecule has 86 valence electrons. The molecule has 0 fully saturated rings. The molecule has 0 spiro atoms. The van der Waals surface area contributed by atoms with Gasteiger partial charge in [-0.3, -0.25) is 4.79 Å². The van der Waals surface area contributed by atoms with Gasteiger partial charge in [0.15, 0.2) is 5.78 Å². The molecule has 0 saturated carbocycles. The van der Waals surface area contributed by atoms with Gasteiger partial charge in [0.05, 0.1) is 0 Å². The summed E-state index contributed by atoms with van der Waals surface area (Å²) in [5.41, 5.74) is 1.25. The summed E-state index contributed by atoms with van der Waals surface area (Å²) in [5.74, 6) is 0.370. The second kappa shape index (κ2) is 6.12. The van der Waals surface area contributed by atoms with Crippen molar-refractivity contribution in [1.29, 1.82) is 0 Å². The number of carbonyl (C=O) groups excluding carboxylic acids is 2. The quantitative estimate of drug-likeness (QED) is 0.627. The van der Waals surface area contributed by atoms with Crippen LogP contribution in [0.25, 0.3) is 0 Å². The van der Waals surface area contributed by atoms with E-state index >= 15 is 0 Å². The van der Waals surface area contributed by atoms with Crippen LogP contribution in [0, 0.1) is 0 Å². The van der Waals surface area contributed by atoms with Crippen molar-refractivity contribution in [2.45, 2.75) is 6.92 Å². The van der Waals surface area contributed by atoms with E-state index < -0.39 is 0 Å². The van der Waals surface area contributed by atoms with E-state index in [0.717, 1.165) is 0 Å². The molecule has 0 heterocycles. The van der Waals surface area contributed by atoms with E-state index in [9.17, 15) is 9.59 Å². The fourth-order valence-corrected chi connectivity index (χ4v) is 1.22. The number of hydrogen-bond acceptors (Lipinski definition) is 2. The maximum atomic E-state index is 11.2. The number of urea groups is 1. The Morgan fingerprint density at radius 1 is 1.25 bits per heavy atom. The number of Topliss-reactive ketones (excluding diaryl/α,β-unsaturated/α-hetero) is 1. The van der Waals surface area contributed by atoms with E-state index in [1.54, 1.807) is 24.3 Å². The first kappa shape index (κ1) is 12.5. The standard InChI is InChI=1S/C11H13ClN2O2/c1-8(15)9-2-4-10(5-3-9)14-11(16)13-7-6-12/h2-5H,6-7H2,1H3,(H2,13,14,16). The van der Waals surface area contributed by atoms with Gasteiger partial charge >= 0.3 is 6.03 Å². The normalized spacial score (nSPS) is 9.62. The number of alkyl halides is 1. The molecule has 16 heavy (non-hydrogen) atoms. The van der Waals surface area contributed by atoms with Crippen molar-refractivity contribution in [2.24, 2.45) is 0 Å². The predicted octanol–water partition coefficient (Wildman–Crippen LogP) is 2.25. The molecule has 0 atom stereocenters. The average Bonchev–Trinajstić information content (AvgIpc) is 2.27. The molecular formula is C11H13ClN2O2.